The molecule has 1 amide bonds. The van der Waals surface area contributed by atoms with Crippen molar-refractivity contribution in [2.75, 3.05) is 23.5 Å². The topological polar surface area (TPSA) is 66.5 Å². The van der Waals surface area contributed by atoms with E-state index in [-0.39, 0.29) is 23.5 Å². The zero-order chi connectivity index (χ0) is 15.3. The van der Waals surface area contributed by atoms with Gasteiger partial charge in [0.15, 0.2) is 9.84 Å². The molecule has 0 aliphatic carbocycles. The van der Waals surface area contributed by atoms with Crippen molar-refractivity contribution < 1.29 is 13.2 Å². The van der Waals surface area contributed by atoms with Gasteiger partial charge in [-0.15, -0.1) is 0 Å². The van der Waals surface area contributed by atoms with Crippen LogP contribution in [0.15, 0.2) is 24.3 Å². The number of carbonyl (C=O) groups excluding carboxylic acids is 1. The minimum atomic E-state index is -2.96. The molecule has 6 heteroatoms. The van der Waals surface area contributed by atoms with Crippen molar-refractivity contribution in [3.8, 4) is 0 Å². The quantitative estimate of drug-likeness (QED) is 0.893. The number of para-hydroxylation sites is 1. The largest absolute Gasteiger partial charge is 0.315 e. The van der Waals surface area contributed by atoms with Crippen LogP contribution in [0.3, 0.4) is 0 Å². The van der Waals surface area contributed by atoms with Gasteiger partial charge in [-0.05, 0) is 25.0 Å². The van der Waals surface area contributed by atoms with E-state index < -0.39 is 15.4 Å². The zero-order valence-corrected chi connectivity index (χ0v) is 13.1. The Morgan fingerprint density at radius 1 is 1.33 bits per heavy atom. The Labute approximate surface area is 125 Å². The van der Waals surface area contributed by atoms with Crippen LogP contribution in [0, 0.1) is 0 Å². The Kier molecular flexibility index (Phi) is 3.33. The van der Waals surface area contributed by atoms with E-state index in [0.717, 1.165) is 11.3 Å². The third-order valence-electron chi connectivity index (χ3n) is 4.45. The number of rotatable bonds is 2. The van der Waals surface area contributed by atoms with Crippen LogP contribution in [0.4, 0.5) is 5.69 Å². The first-order valence-corrected chi connectivity index (χ1v) is 8.95. The van der Waals surface area contributed by atoms with Crippen LogP contribution in [0.25, 0.3) is 0 Å². The molecule has 0 bridgehead atoms. The van der Waals surface area contributed by atoms with Gasteiger partial charge in [0.25, 0.3) is 0 Å². The van der Waals surface area contributed by atoms with Crippen molar-refractivity contribution in [1.29, 1.82) is 0 Å². The number of nitrogens with one attached hydrogen (secondary N) is 1. The molecular formula is C15H20N2O3S. The highest BCUT2D eigenvalue weighted by Crippen LogP contribution is 2.36. The molecule has 0 radical (unpaired) electrons. The molecule has 1 N–H and O–H groups in total. The van der Waals surface area contributed by atoms with E-state index >= 15 is 0 Å². The summed E-state index contributed by atoms with van der Waals surface area (Å²) in [5, 5.41) is 3.43. The Hall–Kier alpha value is -1.40. The summed E-state index contributed by atoms with van der Waals surface area (Å²) in [6.45, 7) is 1.93. The predicted octanol–water partition coefficient (Wildman–Crippen LogP) is 1.26. The van der Waals surface area contributed by atoms with Gasteiger partial charge in [0.2, 0.25) is 5.91 Å². The van der Waals surface area contributed by atoms with Crippen LogP contribution < -0.4 is 10.2 Å². The maximum atomic E-state index is 12.1. The fourth-order valence-corrected chi connectivity index (χ4v) is 5.42. The van der Waals surface area contributed by atoms with Gasteiger partial charge in [-0.2, -0.15) is 0 Å². The normalized spacial score (nSPS) is 31.2. The third-order valence-corrected chi connectivity index (χ3v) is 6.36. The van der Waals surface area contributed by atoms with E-state index in [1.165, 1.54) is 0 Å². The SMILES string of the molecule is CN1C(=O)CC(NC2(C)CCS(=O)(=O)C2)c2ccccc21. The lowest BCUT2D eigenvalue weighted by Crippen LogP contribution is -2.48. The molecule has 5 nitrogen and oxygen atoms in total. The second kappa shape index (κ2) is 4.81. The molecule has 1 fully saturated rings. The summed E-state index contributed by atoms with van der Waals surface area (Å²) in [5.74, 6) is 0.414. The van der Waals surface area contributed by atoms with Crippen LogP contribution in [-0.4, -0.2) is 38.4 Å². The van der Waals surface area contributed by atoms with Gasteiger partial charge in [0.05, 0.1) is 11.5 Å². The molecule has 114 valence electrons. The van der Waals surface area contributed by atoms with E-state index in [9.17, 15) is 13.2 Å². The van der Waals surface area contributed by atoms with Crippen molar-refractivity contribution in [3.05, 3.63) is 29.8 Å². The first kappa shape index (κ1) is 14.5. The highest BCUT2D eigenvalue weighted by atomic mass is 32.2. The van der Waals surface area contributed by atoms with Crippen LogP contribution in [0.2, 0.25) is 0 Å². The second-order valence-electron chi connectivity index (χ2n) is 6.32. The number of anilines is 1. The number of sulfone groups is 1. The highest BCUT2D eigenvalue weighted by Gasteiger charge is 2.41. The fraction of sp³-hybridized carbons (Fsp3) is 0.533. The van der Waals surface area contributed by atoms with Gasteiger partial charge >= 0.3 is 0 Å². The standard InChI is InChI=1S/C15H20N2O3S/c1-15(7-8-21(19,20)10-15)16-12-9-14(18)17(2)13-6-4-3-5-11(12)13/h3-6,12,16H,7-10H2,1-2H3. The number of benzene rings is 1. The van der Waals surface area contributed by atoms with Crippen LogP contribution in [-0.2, 0) is 14.6 Å². The van der Waals surface area contributed by atoms with E-state index in [4.69, 9.17) is 0 Å². The van der Waals surface area contributed by atoms with Crippen molar-refractivity contribution >= 4 is 21.4 Å². The summed E-state index contributed by atoms with van der Waals surface area (Å²) in [6, 6.07) is 7.66. The van der Waals surface area contributed by atoms with Crippen molar-refractivity contribution in [2.45, 2.75) is 31.3 Å². The molecule has 0 spiro atoms. The maximum Gasteiger partial charge on any atom is 0.228 e. The number of nitrogens with zero attached hydrogens (tertiary/aromatic N) is 1. The summed E-state index contributed by atoms with van der Waals surface area (Å²) in [7, 11) is -1.19. The van der Waals surface area contributed by atoms with Gasteiger partial charge in [-0.1, -0.05) is 18.2 Å². The summed E-state index contributed by atoms with van der Waals surface area (Å²) in [6.07, 6.45) is 0.960. The van der Waals surface area contributed by atoms with E-state index in [2.05, 4.69) is 5.32 Å². The maximum absolute atomic E-state index is 12.1. The lowest BCUT2D eigenvalue weighted by molar-refractivity contribution is -0.119. The number of carbonyl (C=O) groups is 1. The molecule has 2 atom stereocenters. The summed E-state index contributed by atoms with van der Waals surface area (Å²) >= 11 is 0. The number of hydrogen-bond donors (Lipinski definition) is 1. The average Bonchev–Trinajstić information content (AvgIpc) is 2.70. The van der Waals surface area contributed by atoms with E-state index in [1.54, 1.807) is 11.9 Å². The Morgan fingerprint density at radius 3 is 2.71 bits per heavy atom. The molecule has 1 aromatic rings. The van der Waals surface area contributed by atoms with Gasteiger partial charge < -0.3 is 10.2 Å². The first-order chi connectivity index (χ1) is 9.80. The Bertz CT molecular complexity index is 686. The molecule has 2 heterocycles. The first-order valence-electron chi connectivity index (χ1n) is 7.13. The number of amides is 1. The van der Waals surface area contributed by atoms with Gasteiger partial charge in [-0.3, -0.25) is 4.79 Å². The van der Waals surface area contributed by atoms with Gasteiger partial charge in [0.1, 0.15) is 0 Å². The zero-order valence-electron chi connectivity index (χ0n) is 12.3. The van der Waals surface area contributed by atoms with Gasteiger partial charge in [-0.25, -0.2) is 8.42 Å². The van der Waals surface area contributed by atoms with E-state index in [0.29, 0.717) is 12.8 Å². The molecule has 2 aliphatic rings. The lowest BCUT2D eigenvalue weighted by atomic mass is 9.92. The molecule has 2 aliphatic heterocycles. The van der Waals surface area contributed by atoms with Gasteiger partial charge in [0, 0.05) is 30.7 Å². The van der Waals surface area contributed by atoms with Crippen molar-refractivity contribution in [3.63, 3.8) is 0 Å². The Morgan fingerprint density at radius 2 is 2.05 bits per heavy atom. The molecule has 21 heavy (non-hydrogen) atoms. The van der Waals surface area contributed by atoms with Crippen molar-refractivity contribution in [2.24, 2.45) is 0 Å². The minimum Gasteiger partial charge on any atom is -0.315 e. The van der Waals surface area contributed by atoms with Crippen LogP contribution in [0.5, 0.6) is 0 Å². The summed E-state index contributed by atoms with van der Waals surface area (Å²) < 4.78 is 23.5. The molecule has 0 saturated carbocycles. The van der Waals surface area contributed by atoms with Crippen LogP contribution in [0.1, 0.15) is 31.4 Å². The fourth-order valence-electron chi connectivity index (χ4n) is 3.32. The summed E-state index contributed by atoms with van der Waals surface area (Å²) in [4.78, 5) is 13.8. The summed E-state index contributed by atoms with van der Waals surface area (Å²) in [5.41, 5.74) is 1.51. The highest BCUT2D eigenvalue weighted by molar-refractivity contribution is 7.91. The minimum absolute atomic E-state index is 0.0515. The second-order valence-corrected chi connectivity index (χ2v) is 8.50. The molecule has 0 aromatic heterocycles. The van der Waals surface area contributed by atoms with Crippen molar-refractivity contribution in [1.82, 2.24) is 5.32 Å². The van der Waals surface area contributed by atoms with E-state index in [1.807, 2.05) is 31.2 Å². The molecule has 1 aromatic carbocycles. The molecule has 2 unspecified atom stereocenters. The Balaban J connectivity index is 1.90. The third kappa shape index (κ3) is 2.70. The molecule has 1 saturated heterocycles. The monoisotopic (exact) mass is 308 g/mol. The lowest BCUT2D eigenvalue weighted by Gasteiger charge is -2.37. The molecular weight excluding hydrogens is 288 g/mol. The van der Waals surface area contributed by atoms with Crippen LogP contribution >= 0.6 is 0 Å². The number of fused-ring (bicyclic) bond motifs is 1. The number of hydrogen-bond acceptors (Lipinski definition) is 4. The molecule has 3 rings (SSSR count). The average molecular weight is 308 g/mol. The smallest absolute Gasteiger partial charge is 0.228 e. The predicted molar refractivity (Wildman–Crippen MR) is 82.0 cm³/mol.